The molecule has 1 aromatic carbocycles. The molecule has 2 heterocycles. The van der Waals surface area contributed by atoms with Gasteiger partial charge in [0.15, 0.2) is 0 Å². The van der Waals surface area contributed by atoms with E-state index in [0.717, 1.165) is 0 Å². The maximum Gasteiger partial charge on any atom is 0.141 e. The van der Waals surface area contributed by atoms with Gasteiger partial charge in [0, 0.05) is 18.5 Å². The SMILES string of the molecule is COc1ccn2cc(-c3c(F)cccc3F)nc2c1. The molecule has 3 aromatic rings. The average Bonchev–Trinajstić information content (AvgIpc) is 2.80. The first kappa shape index (κ1) is 11.6. The Labute approximate surface area is 108 Å². The van der Waals surface area contributed by atoms with Crippen LogP contribution in [-0.2, 0) is 0 Å². The Kier molecular flexibility index (Phi) is 2.67. The van der Waals surface area contributed by atoms with Crippen molar-refractivity contribution >= 4 is 5.65 Å². The lowest BCUT2D eigenvalue weighted by molar-refractivity contribution is 0.414. The molecular weight excluding hydrogens is 250 g/mol. The van der Waals surface area contributed by atoms with E-state index in [4.69, 9.17) is 4.74 Å². The molecule has 0 saturated carbocycles. The molecule has 0 bridgehead atoms. The third kappa shape index (κ3) is 1.93. The van der Waals surface area contributed by atoms with E-state index in [-0.39, 0.29) is 11.3 Å². The van der Waals surface area contributed by atoms with Gasteiger partial charge in [0.1, 0.15) is 23.0 Å². The van der Waals surface area contributed by atoms with E-state index < -0.39 is 11.6 Å². The number of pyridine rings is 1. The van der Waals surface area contributed by atoms with E-state index in [1.807, 2.05) is 0 Å². The van der Waals surface area contributed by atoms with E-state index >= 15 is 0 Å². The van der Waals surface area contributed by atoms with Gasteiger partial charge in [0.05, 0.1) is 18.4 Å². The highest BCUT2D eigenvalue weighted by molar-refractivity contribution is 5.64. The third-order valence-electron chi connectivity index (χ3n) is 2.89. The predicted octanol–water partition coefficient (Wildman–Crippen LogP) is 3.29. The van der Waals surface area contributed by atoms with Crippen LogP contribution in [0, 0.1) is 11.6 Å². The molecule has 19 heavy (non-hydrogen) atoms. The largest absolute Gasteiger partial charge is 0.497 e. The normalized spacial score (nSPS) is 10.9. The number of aromatic nitrogens is 2. The summed E-state index contributed by atoms with van der Waals surface area (Å²) in [6.07, 6.45) is 3.31. The average molecular weight is 260 g/mol. The van der Waals surface area contributed by atoms with Crippen LogP contribution < -0.4 is 4.74 Å². The molecule has 2 aromatic heterocycles. The molecule has 0 aliphatic carbocycles. The number of hydrogen-bond donors (Lipinski definition) is 0. The van der Waals surface area contributed by atoms with Crippen molar-refractivity contribution in [3.05, 3.63) is 54.4 Å². The Balaban J connectivity index is 2.21. The van der Waals surface area contributed by atoms with Gasteiger partial charge in [-0.3, -0.25) is 0 Å². The van der Waals surface area contributed by atoms with Crippen LogP contribution in [0.15, 0.2) is 42.7 Å². The van der Waals surface area contributed by atoms with Crippen LogP contribution in [0.1, 0.15) is 0 Å². The first-order valence-electron chi connectivity index (χ1n) is 5.66. The first-order chi connectivity index (χ1) is 9.19. The molecule has 3 nitrogen and oxygen atoms in total. The van der Waals surface area contributed by atoms with Crippen LogP contribution in [0.2, 0.25) is 0 Å². The number of nitrogens with zero attached hydrogens (tertiary/aromatic N) is 2. The minimum Gasteiger partial charge on any atom is -0.497 e. The topological polar surface area (TPSA) is 26.5 Å². The minimum absolute atomic E-state index is 0.120. The number of imidazole rings is 1. The Hall–Kier alpha value is -2.43. The van der Waals surface area contributed by atoms with Crippen molar-refractivity contribution in [2.45, 2.75) is 0 Å². The lowest BCUT2D eigenvalue weighted by atomic mass is 10.1. The standard InChI is InChI=1S/C14H10F2N2O/c1-19-9-5-6-18-8-12(17-13(18)7-9)14-10(15)3-2-4-11(14)16/h2-8H,1H3. The highest BCUT2D eigenvalue weighted by Crippen LogP contribution is 2.26. The highest BCUT2D eigenvalue weighted by atomic mass is 19.1. The van der Waals surface area contributed by atoms with E-state index in [1.165, 1.54) is 18.2 Å². The molecule has 5 heteroatoms. The number of fused-ring (bicyclic) bond motifs is 1. The Bertz CT molecular complexity index is 732. The van der Waals surface area contributed by atoms with Crippen LogP contribution in [-0.4, -0.2) is 16.5 Å². The summed E-state index contributed by atoms with van der Waals surface area (Å²) < 4.78 is 34.2. The van der Waals surface area contributed by atoms with E-state index in [9.17, 15) is 8.78 Å². The molecule has 3 rings (SSSR count). The maximum absolute atomic E-state index is 13.7. The lowest BCUT2D eigenvalue weighted by Gasteiger charge is -1.99. The molecular formula is C14H10F2N2O. The summed E-state index contributed by atoms with van der Waals surface area (Å²) >= 11 is 0. The summed E-state index contributed by atoms with van der Waals surface area (Å²) in [7, 11) is 1.55. The molecule has 0 radical (unpaired) electrons. The molecule has 0 atom stereocenters. The maximum atomic E-state index is 13.7. The first-order valence-corrected chi connectivity index (χ1v) is 5.66. The highest BCUT2D eigenvalue weighted by Gasteiger charge is 2.14. The molecule has 0 spiro atoms. The smallest absolute Gasteiger partial charge is 0.141 e. The van der Waals surface area contributed by atoms with Crippen molar-refractivity contribution in [2.24, 2.45) is 0 Å². The molecule has 0 fully saturated rings. The lowest BCUT2D eigenvalue weighted by Crippen LogP contribution is -1.89. The van der Waals surface area contributed by atoms with Crippen LogP contribution in [0.5, 0.6) is 5.75 Å². The number of rotatable bonds is 2. The van der Waals surface area contributed by atoms with E-state index in [2.05, 4.69) is 4.98 Å². The van der Waals surface area contributed by atoms with Crippen LogP contribution >= 0.6 is 0 Å². The summed E-state index contributed by atoms with van der Waals surface area (Å²) in [5.74, 6) is -0.621. The summed E-state index contributed by atoms with van der Waals surface area (Å²) in [6, 6.07) is 7.19. The number of halogens is 2. The molecule has 96 valence electrons. The molecule has 0 aliphatic heterocycles. The summed E-state index contributed by atoms with van der Waals surface area (Å²) in [5, 5.41) is 0. The van der Waals surface area contributed by atoms with Crippen LogP contribution in [0.25, 0.3) is 16.9 Å². The molecule has 0 aliphatic rings. The van der Waals surface area contributed by atoms with E-state index in [0.29, 0.717) is 11.4 Å². The second kappa shape index (κ2) is 4.35. The van der Waals surface area contributed by atoms with Gasteiger partial charge in [-0.05, 0) is 18.2 Å². The quantitative estimate of drug-likeness (QED) is 0.706. The monoisotopic (exact) mass is 260 g/mol. The zero-order valence-corrected chi connectivity index (χ0v) is 10.1. The number of methoxy groups -OCH3 is 1. The third-order valence-corrected chi connectivity index (χ3v) is 2.89. The molecule has 0 unspecified atom stereocenters. The fraction of sp³-hybridized carbons (Fsp3) is 0.0714. The van der Waals surface area contributed by atoms with Crippen molar-refractivity contribution in [3.63, 3.8) is 0 Å². The Morgan fingerprint density at radius 3 is 2.58 bits per heavy atom. The van der Waals surface area contributed by atoms with Gasteiger partial charge in [-0.2, -0.15) is 0 Å². The van der Waals surface area contributed by atoms with Crippen molar-refractivity contribution in [2.75, 3.05) is 7.11 Å². The summed E-state index contributed by atoms with van der Waals surface area (Å²) in [6.45, 7) is 0. The van der Waals surface area contributed by atoms with Crippen molar-refractivity contribution in [3.8, 4) is 17.0 Å². The Morgan fingerprint density at radius 1 is 1.16 bits per heavy atom. The van der Waals surface area contributed by atoms with Crippen LogP contribution in [0.3, 0.4) is 0 Å². The molecule has 0 amide bonds. The second-order valence-corrected chi connectivity index (χ2v) is 4.05. The van der Waals surface area contributed by atoms with Gasteiger partial charge in [0.2, 0.25) is 0 Å². The van der Waals surface area contributed by atoms with Gasteiger partial charge in [-0.25, -0.2) is 13.8 Å². The second-order valence-electron chi connectivity index (χ2n) is 4.05. The van der Waals surface area contributed by atoms with Crippen molar-refractivity contribution < 1.29 is 13.5 Å². The number of ether oxygens (including phenoxy) is 1. The van der Waals surface area contributed by atoms with Crippen molar-refractivity contribution in [1.82, 2.24) is 9.38 Å². The van der Waals surface area contributed by atoms with Gasteiger partial charge in [-0.1, -0.05) is 6.07 Å². The van der Waals surface area contributed by atoms with Crippen LogP contribution in [0.4, 0.5) is 8.78 Å². The van der Waals surface area contributed by atoms with Gasteiger partial charge in [-0.15, -0.1) is 0 Å². The minimum atomic E-state index is -0.629. The van der Waals surface area contributed by atoms with Gasteiger partial charge in [0.25, 0.3) is 0 Å². The summed E-state index contributed by atoms with van der Waals surface area (Å²) in [4.78, 5) is 4.22. The molecule has 0 N–H and O–H groups in total. The van der Waals surface area contributed by atoms with Crippen molar-refractivity contribution in [1.29, 1.82) is 0 Å². The van der Waals surface area contributed by atoms with E-state index in [1.54, 1.807) is 36.0 Å². The van der Waals surface area contributed by atoms with Gasteiger partial charge >= 0.3 is 0 Å². The summed E-state index contributed by atoms with van der Waals surface area (Å²) in [5.41, 5.74) is 0.700. The Morgan fingerprint density at radius 2 is 1.89 bits per heavy atom. The number of hydrogen-bond acceptors (Lipinski definition) is 2. The molecule has 0 saturated heterocycles. The number of benzene rings is 1. The fourth-order valence-corrected chi connectivity index (χ4v) is 1.95. The zero-order chi connectivity index (χ0) is 13.4. The predicted molar refractivity (Wildman–Crippen MR) is 67.1 cm³/mol. The van der Waals surface area contributed by atoms with Gasteiger partial charge < -0.3 is 9.14 Å². The fourth-order valence-electron chi connectivity index (χ4n) is 1.95. The zero-order valence-electron chi connectivity index (χ0n) is 10.1.